The highest BCUT2D eigenvalue weighted by atomic mass is 28.4. The van der Waals surface area contributed by atoms with Crippen LogP contribution in [0.2, 0.25) is 44.8 Å². The van der Waals surface area contributed by atoms with E-state index >= 15 is 0 Å². The van der Waals surface area contributed by atoms with E-state index in [1.165, 1.54) is 6.04 Å². The van der Waals surface area contributed by atoms with Gasteiger partial charge in [-0.15, -0.1) is 0 Å². The molecule has 0 rings (SSSR count). The maximum absolute atomic E-state index is 6.33. The van der Waals surface area contributed by atoms with Crippen molar-refractivity contribution in [2.45, 2.75) is 57.7 Å². The lowest BCUT2D eigenvalue weighted by Gasteiger charge is -2.32. The average molecular weight is 325 g/mol. The summed E-state index contributed by atoms with van der Waals surface area (Å²) < 4.78 is 22.6. The van der Waals surface area contributed by atoms with Crippen LogP contribution in [0.1, 0.15) is 12.8 Å². The van der Waals surface area contributed by atoms with E-state index in [0.717, 1.165) is 18.9 Å². The van der Waals surface area contributed by atoms with Gasteiger partial charge in [0, 0.05) is 27.4 Å². The fourth-order valence-corrected chi connectivity index (χ4v) is 12.3. The van der Waals surface area contributed by atoms with Crippen molar-refractivity contribution in [3.05, 3.63) is 0 Å². The zero-order valence-corrected chi connectivity index (χ0v) is 17.0. The third kappa shape index (κ3) is 8.38. The molecule has 0 radical (unpaired) electrons. The van der Waals surface area contributed by atoms with Gasteiger partial charge in [-0.05, 0) is 45.2 Å². The molecule has 0 spiro atoms. The molecule has 19 heavy (non-hydrogen) atoms. The lowest BCUT2D eigenvalue weighted by molar-refractivity contribution is 0.123. The van der Waals surface area contributed by atoms with Gasteiger partial charge in [0.1, 0.15) is 0 Å². The number of hydrogen-bond donors (Lipinski definition) is 0. The number of rotatable bonds is 10. The first kappa shape index (κ1) is 19.5. The molecule has 7 heteroatoms. The Morgan fingerprint density at radius 1 is 0.684 bits per heavy atom. The van der Waals surface area contributed by atoms with E-state index in [9.17, 15) is 0 Å². The molecule has 0 heterocycles. The Bertz CT molecular complexity index is 242. The van der Waals surface area contributed by atoms with Gasteiger partial charge < -0.3 is 17.4 Å². The fraction of sp³-hybridized carbons (Fsp3) is 1.00. The fourth-order valence-electron chi connectivity index (χ4n) is 2.33. The quantitative estimate of drug-likeness (QED) is 0.453. The van der Waals surface area contributed by atoms with Crippen LogP contribution >= 0.6 is 0 Å². The average Bonchev–Trinajstić information content (AvgIpc) is 2.27. The Balaban J connectivity index is 4.09. The second-order valence-corrected chi connectivity index (χ2v) is 18.6. The van der Waals surface area contributed by atoms with Crippen LogP contribution in [0.3, 0.4) is 0 Å². The van der Waals surface area contributed by atoms with Gasteiger partial charge in [0.05, 0.1) is 0 Å². The normalized spacial score (nSPS) is 13.9. The van der Waals surface area contributed by atoms with Crippen LogP contribution in [-0.4, -0.2) is 46.8 Å². The summed E-state index contributed by atoms with van der Waals surface area (Å²) in [5.41, 5.74) is 0. The molecule has 0 fully saturated rings. The monoisotopic (exact) mass is 324 g/mol. The Hall–Kier alpha value is 0.491. The van der Waals surface area contributed by atoms with E-state index in [2.05, 4.69) is 32.7 Å². The number of unbranched alkanes of at least 4 members (excludes halogenated alkanes) is 1. The number of hydrogen-bond acceptors (Lipinski definition) is 4. The van der Waals surface area contributed by atoms with E-state index < -0.39 is 25.4 Å². The summed E-state index contributed by atoms with van der Waals surface area (Å²) in [7, 11) is -0.283. The molecule has 0 aliphatic carbocycles. The molecular weight excluding hydrogens is 292 g/mol. The Morgan fingerprint density at radius 2 is 1.11 bits per heavy atom. The summed E-state index contributed by atoms with van der Waals surface area (Å²) in [6.45, 7) is 11.4. The summed E-state index contributed by atoms with van der Waals surface area (Å²) in [5.74, 6) is 0. The van der Waals surface area contributed by atoms with Crippen LogP contribution in [0.5, 0.6) is 0 Å². The highest BCUT2D eigenvalue weighted by molar-refractivity contribution is 6.84. The van der Waals surface area contributed by atoms with E-state index in [1.54, 1.807) is 21.3 Å². The van der Waals surface area contributed by atoms with Gasteiger partial charge in [0.25, 0.3) is 0 Å². The van der Waals surface area contributed by atoms with Crippen LogP contribution in [-0.2, 0) is 17.4 Å². The molecule has 0 aliphatic rings. The molecular formula is C12H32O4Si3. The van der Waals surface area contributed by atoms with Gasteiger partial charge in [-0.25, -0.2) is 0 Å². The molecule has 0 unspecified atom stereocenters. The molecule has 0 bridgehead atoms. The van der Waals surface area contributed by atoms with Crippen molar-refractivity contribution in [2.75, 3.05) is 21.3 Å². The van der Waals surface area contributed by atoms with Crippen LogP contribution in [0.25, 0.3) is 0 Å². The molecule has 0 aromatic rings. The lowest BCUT2D eigenvalue weighted by atomic mass is 10.4. The summed E-state index contributed by atoms with van der Waals surface area (Å²) in [6, 6.07) is 2.08. The van der Waals surface area contributed by atoms with Gasteiger partial charge >= 0.3 is 8.80 Å². The first-order valence-electron chi connectivity index (χ1n) is 6.95. The van der Waals surface area contributed by atoms with Crippen molar-refractivity contribution >= 4 is 25.4 Å². The molecule has 0 aromatic carbocycles. The van der Waals surface area contributed by atoms with Gasteiger partial charge in [-0.3, -0.25) is 0 Å². The molecule has 0 amide bonds. The molecule has 0 N–H and O–H groups in total. The smallest absolute Gasteiger partial charge is 0.456 e. The van der Waals surface area contributed by atoms with Crippen LogP contribution in [0.4, 0.5) is 0 Å². The Morgan fingerprint density at radius 3 is 1.47 bits per heavy atom. The third-order valence-corrected chi connectivity index (χ3v) is 12.1. The predicted molar refractivity (Wildman–Crippen MR) is 87.5 cm³/mol. The minimum absolute atomic E-state index is 0.883. The summed E-state index contributed by atoms with van der Waals surface area (Å²) in [6.07, 6.45) is 2.24. The minimum atomic E-state index is -2.38. The van der Waals surface area contributed by atoms with Gasteiger partial charge in [-0.1, -0.05) is 6.42 Å². The molecule has 0 atom stereocenters. The molecule has 0 saturated carbocycles. The van der Waals surface area contributed by atoms with Gasteiger partial charge in [0.15, 0.2) is 16.6 Å². The summed E-state index contributed by atoms with van der Waals surface area (Å²) >= 11 is 0. The van der Waals surface area contributed by atoms with E-state index in [4.69, 9.17) is 17.4 Å². The van der Waals surface area contributed by atoms with Gasteiger partial charge in [0.2, 0.25) is 0 Å². The van der Waals surface area contributed by atoms with Crippen molar-refractivity contribution in [3.63, 3.8) is 0 Å². The largest absolute Gasteiger partial charge is 0.500 e. The standard InChI is InChI=1S/C12H32O4Si3/c1-13-19(14-2,15-3)12-10-9-11-18(7,8)16-17(4,5)6/h9-12H2,1-8H3. The highest BCUT2D eigenvalue weighted by Crippen LogP contribution is 2.23. The molecule has 4 nitrogen and oxygen atoms in total. The van der Waals surface area contributed by atoms with Crippen molar-refractivity contribution < 1.29 is 17.4 Å². The zero-order valence-electron chi connectivity index (χ0n) is 14.0. The van der Waals surface area contributed by atoms with Crippen molar-refractivity contribution in [1.29, 1.82) is 0 Å². The van der Waals surface area contributed by atoms with E-state index in [-0.39, 0.29) is 0 Å². The molecule has 0 aliphatic heterocycles. The minimum Gasteiger partial charge on any atom is -0.456 e. The highest BCUT2D eigenvalue weighted by Gasteiger charge is 2.37. The summed E-state index contributed by atoms with van der Waals surface area (Å²) in [4.78, 5) is 0. The second-order valence-electron chi connectivity index (χ2n) is 6.48. The molecule has 116 valence electrons. The third-order valence-electron chi connectivity index (χ3n) is 3.03. The van der Waals surface area contributed by atoms with Crippen molar-refractivity contribution in [1.82, 2.24) is 0 Å². The van der Waals surface area contributed by atoms with E-state index in [1.807, 2.05) is 0 Å². The Kier molecular flexibility index (Phi) is 8.27. The topological polar surface area (TPSA) is 36.9 Å². The molecule has 0 aromatic heterocycles. The van der Waals surface area contributed by atoms with Crippen molar-refractivity contribution in [2.24, 2.45) is 0 Å². The maximum Gasteiger partial charge on any atom is 0.500 e. The van der Waals surface area contributed by atoms with E-state index in [0.29, 0.717) is 0 Å². The molecule has 0 saturated heterocycles. The van der Waals surface area contributed by atoms with Crippen LogP contribution in [0.15, 0.2) is 0 Å². The lowest BCUT2D eigenvalue weighted by Crippen LogP contribution is -2.43. The second kappa shape index (κ2) is 8.06. The van der Waals surface area contributed by atoms with Crippen molar-refractivity contribution in [3.8, 4) is 0 Å². The first-order valence-corrected chi connectivity index (χ1v) is 15.4. The SMILES string of the molecule is CO[Si](CCCC[Si](C)(C)O[Si](C)(C)C)(OC)OC. The summed E-state index contributed by atoms with van der Waals surface area (Å²) in [5, 5.41) is 0. The maximum atomic E-state index is 6.33. The zero-order chi connectivity index (χ0) is 15.2. The predicted octanol–water partition coefficient (Wildman–Crippen LogP) is 3.70. The van der Waals surface area contributed by atoms with Gasteiger partial charge in [-0.2, -0.15) is 0 Å². The van der Waals surface area contributed by atoms with Crippen LogP contribution in [0, 0.1) is 0 Å². The Labute approximate surface area is 122 Å². The first-order chi connectivity index (χ1) is 8.60. The van der Waals surface area contributed by atoms with Crippen LogP contribution < -0.4 is 0 Å².